The van der Waals surface area contributed by atoms with Gasteiger partial charge in [-0.2, -0.15) is 0 Å². The highest BCUT2D eigenvalue weighted by Crippen LogP contribution is 2.25. The highest BCUT2D eigenvalue weighted by Gasteiger charge is 2.19. The van der Waals surface area contributed by atoms with Crippen LogP contribution in [0, 0.1) is 0 Å². The number of carbonyl (C=O) groups excluding carboxylic acids is 1. The summed E-state index contributed by atoms with van der Waals surface area (Å²) in [6.07, 6.45) is 0.538. The van der Waals surface area contributed by atoms with Crippen LogP contribution in [0.1, 0.15) is 45.7 Å². The van der Waals surface area contributed by atoms with E-state index in [1.165, 1.54) is 0 Å². The lowest BCUT2D eigenvalue weighted by Crippen LogP contribution is -2.35. The average molecular weight is 361 g/mol. The van der Waals surface area contributed by atoms with Crippen LogP contribution in [0.5, 0.6) is 0 Å². The van der Waals surface area contributed by atoms with Crippen molar-refractivity contribution in [3.8, 4) is 0 Å². The number of carbonyl (C=O) groups is 1. The van der Waals surface area contributed by atoms with Crippen molar-refractivity contribution in [2.24, 2.45) is 0 Å². The molecule has 130 valence electrons. The standard InChI is InChI=1S/C17H26Cl2N2O2/c1-12(13-7-8-14(18)15(19)11-13)20-9-6-10-21(5)16(22)23-17(2,3)4/h7-8,11-12,20H,6,9-10H2,1-5H3. The number of nitrogens with one attached hydrogen (secondary N) is 1. The van der Waals surface area contributed by atoms with Crippen molar-refractivity contribution in [2.75, 3.05) is 20.1 Å². The van der Waals surface area contributed by atoms with E-state index in [1.54, 1.807) is 18.0 Å². The lowest BCUT2D eigenvalue weighted by molar-refractivity contribution is 0.0297. The van der Waals surface area contributed by atoms with E-state index in [1.807, 2.05) is 32.9 Å². The Morgan fingerprint density at radius 2 is 1.96 bits per heavy atom. The molecule has 0 fully saturated rings. The summed E-state index contributed by atoms with van der Waals surface area (Å²) in [5, 5.41) is 4.52. The molecule has 0 aliphatic carbocycles. The van der Waals surface area contributed by atoms with Crippen molar-refractivity contribution in [1.29, 1.82) is 0 Å². The molecule has 0 radical (unpaired) electrons. The average Bonchev–Trinajstić information content (AvgIpc) is 2.44. The highest BCUT2D eigenvalue weighted by atomic mass is 35.5. The number of ether oxygens (including phenoxy) is 1. The topological polar surface area (TPSA) is 41.6 Å². The van der Waals surface area contributed by atoms with Crippen molar-refractivity contribution in [3.05, 3.63) is 33.8 Å². The summed E-state index contributed by atoms with van der Waals surface area (Å²) >= 11 is 12.0. The van der Waals surface area contributed by atoms with Crippen LogP contribution < -0.4 is 5.32 Å². The monoisotopic (exact) mass is 360 g/mol. The van der Waals surface area contributed by atoms with Gasteiger partial charge in [0.25, 0.3) is 0 Å². The zero-order valence-corrected chi connectivity index (χ0v) is 16.0. The summed E-state index contributed by atoms with van der Waals surface area (Å²) in [7, 11) is 1.75. The molecule has 6 heteroatoms. The maximum absolute atomic E-state index is 11.8. The van der Waals surface area contributed by atoms with E-state index >= 15 is 0 Å². The van der Waals surface area contributed by atoms with Gasteiger partial charge < -0.3 is 15.0 Å². The minimum atomic E-state index is -0.466. The first-order valence-electron chi connectivity index (χ1n) is 7.72. The lowest BCUT2D eigenvalue weighted by Gasteiger charge is -2.24. The van der Waals surface area contributed by atoms with Crippen molar-refractivity contribution in [1.82, 2.24) is 10.2 Å². The minimum absolute atomic E-state index is 0.164. The molecule has 0 saturated carbocycles. The molecule has 0 saturated heterocycles. The van der Waals surface area contributed by atoms with Gasteiger partial charge in [0.05, 0.1) is 10.0 Å². The number of hydrogen-bond donors (Lipinski definition) is 1. The summed E-state index contributed by atoms with van der Waals surface area (Å²) < 4.78 is 5.31. The molecule has 23 heavy (non-hydrogen) atoms. The van der Waals surface area contributed by atoms with Gasteiger partial charge in [0, 0.05) is 19.6 Å². The first-order valence-corrected chi connectivity index (χ1v) is 8.48. The molecule has 1 atom stereocenters. The van der Waals surface area contributed by atoms with Crippen LogP contribution in [0.3, 0.4) is 0 Å². The van der Waals surface area contributed by atoms with Crippen molar-refractivity contribution >= 4 is 29.3 Å². The second kappa shape index (κ2) is 8.76. The van der Waals surface area contributed by atoms with Gasteiger partial charge in [-0.05, 0) is 58.4 Å². The van der Waals surface area contributed by atoms with Crippen molar-refractivity contribution in [2.45, 2.75) is 45.8 Å². The van der Waals surface area contributed by atoms with E-state index in [2.05, 4.69) is 12.2 Å². The molecular formula is C17H26Cl2N2O2. The maximum atomic E-state index is 11.8. The number of nitrogens with zero attached hydrogens (tertiary/aromatic N) is 1. The number of benzene rings is 1. The van der Waals surface area contributed by atoms with Crippen LogP contribution in [-0.4, -0.2) is 36.7 Å². The smallest absolute Gasteiger partial charge is 0.410 e. The Kier molecular flexibility index (Phi) is 7.65. The molecule has 1 N–H and O–H groups in total. The quantitative estimate of drug-likeness (QED) is 0.733. The van der Waals surface area contributed by atoms with Crippen LogP contribution in [0.4, 0.5) is 4.79 Å². The Bertz CT molecular complexity index is 530. The molecule has 1 amide bonds. The zero-order valence-electron chi connectivity index (χ0n) is 14.5. The predicted molar refractivity (Wildman–Crippen MR) is 96.4 cm³/mol. The van der Waals surface area contributed by atoms with Gasteiger partial charge in [-0.1, -0.05) is 29.3 Å². The van der Waals surface area contributed by atoms with Crippen molar-refractivity contribution in [3.63, 3.8) is 0 Å². The van der Waals surface area contributed by atoms with Gasteiger partial charge in [0.1, 0.15) is 5.60 Å². The molecule has 0 aromatic heterocycles. The third-order valence-electron chi connectivity index (χ3n) is 3.27. The van der Waals surface area contributed by atoms with Gasteiger partial charge in [-0.3, -0.25) is 0 Å². The first kappa shape index (κ1) is 20.1. The number of amides is 1. The molecule has 1 aromatic carbocycles. The molecule has 0 bridgehead atoms. The fraction of sp³-hybridized carbons (Fsp3) is 0.588. The second-order valence-corrected chi connectivity index (χ2v) is 7.42. The Labute approximate surface area is 149 Å². The summed E-state index contributed by atoms with van der Waals surface area (Å²) in [5.74, 6) is 0. The summed E-state index contributed by atoms with van der Waals surface area (Å²) in [4.78, 5) is 13.4. The van der Waals surface area contributed by atoms with Crippen LogP contribution >= 0.6 is 23.2 Å². The number of rotatable bonds is 6. The Hall–Kier alpha value is -0.970. The van der Waals surface area contributed by atoms with Crippen LogP contribution in [0.25, 0.3) is 0 Å². The van der Waals surface area contributed by atoms with E-state index in [0.717, 1.165) is 18.5 Å². The lowest BCUT2D eigenvalue weighted by atomic mass is 10.1. The van der Waals surface area contributed by atoms with Crippen LogP contribution in [-0.2, 0) is 4.74 Å². The molecule has 0 aliphatic rings. The van der Waals surface area contributed by atoms with E-state index in [-0.39, 0.29) is 12.1 Å². The fourth-order valence-electron chi connectivity index (χ4n) is 1.97. The van der Waals surface area contributed by atoms with Crippen LogP contribution in [0.2, 0.25) is 10.0 Å². The normalized spacial score (nSPS) is 12.8. The van der Waals surface area contributed by atoms with Gasteiger partial charge in [-0.25, -0.2) is 4.79 Å². The SMILES string of the molecule is CC(NCCCN(C)C(=O)OC(C)(C)C)c1ccc(Cl)c(Cl)c1. The van der Waals surface area contributed by atoms with Crippen LogP contribution in [0.15, 0.2) is 18.2 Å². The van der Waals surface area contributed by atoms with Gasteiger partial charge in [0.2, 0.25) is 0 Å². The molecule has 1 unspecified atom stereocenters. The molecule has 1 rings (SSSR count). The third-order valence-corrected chi connectivity index (χ3v) is 4.01. The van der Waals surface area contributed by atoms with Gasteiger partial charge >= 0.3 is 6.09 Å². The van der Waals surface area contributed by atoms with Gasteiger partial charge in [0.15, 0.2) is 0 Å². The van der Waals surface area contributed by atoms with Crippen molar-refractivity contribution < 1.29 is 9.53 Å². The number of hydrogen-bond acceptors (Lipinski definition) is 3. The molecule has 0 aliphatic heterocycles. The van der Waals surface area contributed by atoms with E-state index < -0.39 is 5.60 Å². The summed E-state index contributed by atoms with van der Waals surface area (Å²) in [6, 6.07) is 5.79. The Morgan fingerprint density at radius 1 is 1.30 bits per heavy atom. The molecule has 0 heterocycles. The Morgan fingerprint density at radius 3 is 2.52 bits per heavy atom. The molecule has 0 spiro atoms. The number of halogens is 2. The molecular weight excluding hydrogens is 335 g/mol. The second-order valence-electron chi connectivity index (χ2n) is 6.60. The zero-order chi connectivity index (χ0) is 17.6. The molecule has 1 aromatic rings. The molecule has 4 nitrogen and oxygen atoms in total. The highest BCUT2D eigenvalue weighted by molar-refractivity contribution is 6.42. The van der Waals surface area contributed by atoms with E-state index in [4.69, 9.17) is 27.9 Å². The predicted octanol–water partition coefficient (Wildman–Crippen LogP) is 4.90. The minimum Gasteiger partial charge on any atom is -0.444 e. The maximum Gasteiger partial charge on any atom is 0.410 e. The van der Waals surface area contributed by atoms with Gasteiger partial charge in [-0.15, -0.1) is 0 Å². The third kappa shape index (κ3) is 7.42. The first-order chi connectivity index (χ1) is 10.6. The van der Waals surface area contributed by atoms with E-state index in [0.29, 0.717) is 16.6 Å². The summed E-state index contributed by atoms with van der Waals surface area (Å²) in [5.41, 5.74) is 0.617. The Balaban J connectivity index is 2.33. The largest absolute Gasteiger partial charge is 0.444 e. The van der Waals surface area contributed by atoms with E-state index in [9.17, 15) is 4.79 Å². The fourth-order valence-corrected chi connectivity index (χ4v) is 2.27. The summed E-state index contributed by atoms with van der Waals surface area (Å²) in [6.45, 7) is 9.07.